The summed E-state index contributed by atoms with van der Waals surface area (Å²) in [4.78, 5) is 10.4. The summed E-state index contributed by atoms with van der Waals surface area (Å²) < 4.78 is 12.6. The van der Waals surface area contributed by atoms with Gasteiger partial charge in [-0.15, -0.1) is 0 Å². The number of nitrogens with zero attached hydrogens (tertiary/aromatic N) is 4. The second kappa shape index (κ2) is 10.2. The highest BCUT2D eigenvalue weighted by atomic mass is 16.5. The van der Waals surface area contributed by atoms with E-state index >= 15 is 0 Å². The zero-order valence-electron chi connectivity index (χ0n) is 22.6. The summed E-state index contributed by atoms with van der Waals surface area (Å²) in [5.41, 5.74) is 0.466. The monoisotopic (exact) mass is 452 g/mol. The first-order chi connectivity index (χ1) is 14.8. The Hall–Kier alpha value is -0.240. The second-order valence-electron chi connectivity index (χ2n) is 12.9. The highest BCUT2D eigenvalue weighted by Crippen LogP contribution is 2.31. The predicted octanol–water partition coefficient (Wildman–Crippen LogP) is 3.16. The Kier molecular flexibility index (Phi) is 8.38. The van der Waals surface area contributed by atoms with Crippen molar-refractivity contribution in [1.29, 1.82) is 0 Å². The largest absolute Gasteiger partial charge is 0.375 e. The summed E-state index contributed by atoms with van der Waals surface area (Å²) in [6, 6.07) is 0.485. The van der Waals surface area contributed by atoms with Crippen LogP contribution in [-0.4, -0.2) is 121 Å². The summed E-state index contributed by atoms with van der Waals surface area (Å²) >= 11 is 0. The molecule has 0 radical (unpaired) electrons. The van der Waals surface area contributed by atoms with Crippen LogP contribution in [0.25, 0.3) is 0 Å². The number of morpholine rings is 2. The molecule has 0 aliphatic carbocycles. The molecule has 0 aromatic heterocycles. The third-order valence-electron chi connectivity index (χ3n) is 8.18. The molecule has 3 aliphatic rings. The van der Waals surface area contributed by atoms with Gasteiger partial charge in [0, 0.05) is 68.5 Å². The molecule has 188 valence electrons. The standard InChI is InChI=1S/C26H52N4O2/c1-21-20-32-23(19-30(21)24(2,3)4)17-26(7,8)29-14-15-31-22(18-29)16-25(5,6)28-12-10-27(9)11-13-28/h21-23H,10-20H2,1-9H3. The van der Waals surface area contributed by atoms with Crippen LogP contribution in [-0.2, 0) is 9.47 Å². The van der Waals surface area contributed by atoms with Gasteiger partial charge in [0.15, 0.2) is 0 Å². The van der Waals surface area contributed by atoms with E-state index in [4.69, 9.17) is 9.47 Å². The number of rotatable bonds is 6. The zero-order valence-corrected chi connectivity index (χ0v) is 22.6. The minimum absolute atomic E-state index is 0.106. The zero-order chi connectivity index (χ0) is 23.7. The van der Waals surface area contributed by atoms with E-state index in [2.05, 4.69) is 82.0 Å². The predicted molar refractivity (Wildman–Crippen MR) is 133 cm³/mol. The lowest BCUT2D eigenvalue weighted by molar-refractivity contribution is -0.121. The van der Waals surface area contributed by atoms with Gasteiger partial charge in [-0.2, -0.15) is 0 Å². The number of ether oxygens (including phenoxy) is 2. The lowest BCUT2D eigenvalue weighted by Gasteiger charge is -2.50. The van der Waals surface area contributed by atoms with E-state index in [1.165, 1.54) is 13.1 Å². The molecule has 0 spiro atoms. The second-order valence-corrected chi connectivity index (χ2v) is 12.9. The molecule has 3 aliphatic heterocycles. The fourth-order valence-electron chi connectivity index (χ4n) is 6.05. The van der Waals surface area contributed by atoms with Crippen LogP contribution >= 0.6 is 0 Å². The summed E-state index contributed by atoms with van der Waals surface area (Å²) in [6.45, 7) is 28.3. The normalized spacial score (nSPS) is 31.2. The SMILES string of the molecule is CC1COC(CC(C)(C)N2CCOC(CC(C)(C)N3CCN(C)CC3)C2)CN1C(C)(C)C. The molecular formula is C26H52N4O2. The van der Waals surface area contributed by atoms with Gasteiger partial charge in [0.05, 0.1) is 25.4 Å². The molecule has 6 heteroatoms. The van der Waals surface area contributed by atoms with E-state index in [9.17, 15) is 0 Å². The molecule has 3 heterocycles. The fraction of sp³-hybridized carbons (Fsp3) is 1.00. The maximum Gasteiger partial charge on any atom is 0.0720 e. The summed E-state index contributed by atoms with van der Waals surface area (Å²) in [5, 5.41) is 0. The Morgan fingerprint density at radius 2 is 1.28 bits per heavy atom. The average molecular weight is 453 g/mol. The molecule has 0 amide bonds. The van der Waals surface area contributed by atoms with Gasteiger partial charge in [0.1, 0.15) is 0 Å². The minimum atomic E-state index is 0.106. The van der Waals surface area contributed by atoms with E-state index in [0.29, 0.717) is 18.2 Å². The molecule has 0 N–H and O–H groups in total. The van der Waals surface area contributed by atoms with Gasteiger partial charge in [0.25, 0.3) is 0 Å². The highest BCUT2D eigenvalue weighted by Gasteiger charge is 2.40. The maximum absolute atomic E-state index is 6.33. The van der Waals surface area contributed by atoms with E-state index in [-0.39, 0.29) is 16.6 Å². The summed E-state index contributed by atoms with van der Waals surface area (Å²) in [6.07, 6.45) is 2.76. The molecule has 0 saturated carbocycles. The first kappa shape index (κ1) is 26.4. The Bertz CT molecular complexity index is 595. The van der Waals surface area contributed by atoms with Crippen LogP contribution in [0.15, 0.2) is 0 Å². The van der Waals surface area contributed by atoms with Crippen LogP contribution in [0.2, 0.25) is 0 Å². The number of piperazine rings is 1. The first-order valence-corrected chi connectivity index (χ1v) is 13.0. The Balaban J connectivity index is 1.56. The van der Waals surface area contributed by atoms with Crippen molar-refractivity contribution in [3.63, 3.8) is 0 Å². The van der Waals surface area contributed by atoms with Crippen molar-refractivity contribution in [2.24, 2.45) is 0 Å². The molecule has 3 atom stereocenters. The topological polar surface area (TPSA) is 31.4 Å². The third kappa shape index (κ3) is 6.67. The van der Waals surface area contributed by atoms with Gasteiger partial charge in [-0.1, -0.05) is 0 Å². The Labute approximate surface area is 198 Å². The average Bonchev–Trinajstić information content (AvgIpc) is 2.68. The van der Waals surface area contributed by atoms with Crippen LogP contribution in [0, 0.1) is 0 Å². The van der Waals surface area contributed by atoms with Crippen molar-refractivity contribution in [1.82, 2.24) is 19.6 Å². The van der Waals surface area contributed by atoms with Gasteiger partial charge >= 0.3 is 0 Å². The van der Waals surface area contributed by atoms with Crippen LogP contribution in [0.4, 0.5) is 0 Å². The van der Waals surface area contributed by atoms with Crippen molar-refractivity contribution < 1.29 is 9.47 Å². The number of likely N-dealkylation sites (N-methyl/N-ethyl adjacent to an activating group) is 1. The van der Waals surface area contributed by atoms with Crippen molar-refractivity contribution >= 4 is 0 Å². The van der Waals surface area contributed by atoms with E-state index in [1.807, 2.05) is 0 Å². The molecule has 3 saturated heterocycles. The van der Waals surface area contributed by atoms with Crippen molar-refractivity contribution in [2.45, 2.75) is 103 Å². The first-order valence-electron chi connectivity index (χ1n) is 13.0. The third-order valence-corrected chi connectivity index (χ3v) is 8.18. The molecule has 0 aromatic rings. The van der Waals surface area contributed by atoms with Crippen LogP contribution in [0.3, 0.4) is 0 Å². The number of hydrogen-bond donors (Lipinski definition) is 0. The molecule has 6 nitrogen and oxygen atoms in total. The van der Waals surface area contributed by atoms with E-state index in [0.717, 1.165) is 58.8 Å². The van der Waals surface area contributed by atoms with Gasteiger partial charge in [0.2, 0.25) is 0 Å². The van der Waals surface area contributed by atoms with Gasteiger partial charge in [-0.05, 0) is 75.3 Å². The Morgan fingerprint density at radius 3 is 1.88 bits per heavy atom. The smallest absolute Gasteiger partial charge is 0.0720 e. The van der Waals surface area contributed by atoms with E-state index in [1.54, 1.807) is 0 Å². The molecule has 3 fully saturated rings. The van der Waals surface area contributed by atoms with Gasteiger partial charge in [-0.25, -0.2) is 0 Å². The lowest BCUT2D eigenvalue weighted by atomic mass is 9.89. The highest BCUT2D eigenvalue weighted by molar-refractivity contribution is 4.95. The van der Waals surface area contributed by atoms with Crippen molar-refractivity contribution in [3.8, 4) is 0 Å². The lowest BCUT2D eigenvalue weighted by Crippen LogP contribution is -2.60. The summed E-state index contributed by atoms with van der Waals surface area (Å²) in [5.74, 6) is 0. The molecular weight excluding hydrogens is 400 g/mol. The maximum atomic E-state index is 6.33. The van der Waals surface area contributed by atoms with Gasteiger partial charge in [-0.3, -0.25) is 14.7 Å². The molecule has 0 aromatic carbocycles. The quantitative estimate of drug-likeness (QED) is 0.615. The molecule has 3 rings (SSSR count). The fourth-order valence-corrected chi connectivity index (χ4v) is 6.05. The van der Waals surface area contributed by atoms with Crippen LogP contribution in [0.5, 0.6) is 0 Å². The minimum Gasteiger partial charge on any atom is -0.375 e. The Morgan fingerprint density at radius 1 is 0.719 bits per heavy atom. The summed E-state index contributed by atoms with van der Waals surface area (Å²) in [7, 11) is 2.23. The molecule has 3 unspecified atom stereocenters. The number of hydrogen-bond acceptors (Lipinski definition) is 6. The van der Waals surface area contributed by atoms with Crippen LogP contribution < -0.4 is 0 Å². The van der Waals surface area contributed by atoms with Gasteiger partial charge < -0.3 is 14.4 Å². The van der Waals surface area contributed by atoms with Crippen molar-refractivity contribution in [2.75, 3.05) is 66.1 Å². The van der Waals surface area contributed by atoms with Crippen molar-refractivity contribution in [3.05, 3.63) is 0 Å². The molecule has 32 heavy (non-hydrogen) atoms. The van der Waals surface area contributed by atoms with Crippen LogP contribution in [0.1, 0.15) is 68.2 Å². The van der Waals surface area contributed by atoms with E-state index < -0.39 is 0 Å². The molecule has 0 bridgehead atoms.